The molecule has 4 aliphatic rings. The molecule has 0 spiro atoms. The Hall–Kier alpha value is -3.60. The first kappa shape index (κ1) is 21.7. The molecule has 1 aromatic carbocycles. The molecule has 3 aromatic rings. The zero-order chi connectivity index (χ0) is 24.2. The molecule has 5 heterocycles. The van der Waals surface area contributed by atoms with Gasteiger partial charge in [0.25, 0.3) is 5.88 Å². The van der Waals surface area contributed by atoms with Gasteiger partial charge in [-0.3, -0.25) is 0 Å². The lowest BCUT2D eigenvalue weighted by molar-refractivity contribution is 0.162. The number of phenols is 1. The van der Waals surface area contributed by atoms with E-state index in [-0.39, 0.29) is 23.9 Å². The van der Waals surface area contributed by atoms with Gasteiger partial charge in [0.05, 0.1) is 23.5 Å². The van der Waals surface area contributed by atoms with E-state index >= 15 is 4.39 Å². The molecule has 11 heteroatoms. The van der Waals surface area contributed by atoms with Crippen molar-refractivity contribution in [1.82, 2.24) is 30.7 Å². The van der Waals surface area contributed by atoms with E-state index in [0.29, 0.717) is 59.3 Å². The number of alkyl halides is 1. The van der Waals surface area contributed by atoms with E-state index in [2.05, 4.69) is 35.6 Å². The Morgan fingerprint density at radius 3 is 2.69 bits per heavy atom. The van der Waals surface area contributed by atoms with Gasteiger partial charge in [-0.25, -0.2) is 9.37 Å². The van der Waals surface area contributed by atoms with Gasteiger partial charge in [-0.1, -0.05) is 6.07 Å². The van der Waals surface area contributed by atoms with Crippen LogP contribution in [-0.2, 0) is 0 Å². The van der Waals surface area contributed by atoms with Crippen LogP contribution in [0.2, 0.25) is 0 Å². The molecule has 2 N–H and O–H groups in total. The molecular weight excluding hydrogens is 465 g/mol. The van der Waals surface area contributed by atoms with Crippen molar-refractivity contribution < 1.29 is 19.0 Å². The van der Waals surface area contributed by atoms with E-state index in [0.717, 1.165) is 32.1 Å². The maximum Gasteiger partial charge on any atom is 0.276 e. The van der Waals surface area contributed by atoms with E-state index in [1.54, 1.807) is 30.5 Å². The average molecular weight is 492 g/mol. The van der Waals surface area contributed by atoms with Crippen molar-refractivity contribution in [2.45, 2.75) is 62.4 Å². The summed E-state index contributed by atoms with van der Waals surface area (Å²) < 4.78 is 26.3. The van der Waals surface area contributed by atoms with E-state index in [1.807, 2.05) is 0 Å². The minimum atomic E-state index is -0.939. The summed E-state index contributed by atoms with van der Waals surface area (Å²) in [6, 6.07) is 7.21. The fraction of sp³-hybridized carbons (Fsp3) is 0.480. The molecule has 186 valence electrons. The van der Waals surface area contributed by atoms with Crippen molar-refractivity contribution in [3.8, 4) is 40.0 Å². The maximum absolute atomic E-state index is 15.3. The van der Waals surface area contributed by atoms with Crippen molar-refractivity contribution >= 4 is 5.82 Å². The third-order valence-corrected chi connectivity index (χ3v) is 7.51. The second kappa shape index (κ2) is 8.51. The third kappa shape index (κ3) is 3.78. The Kier molecular flexibility index (Phi) is 5.12. The molecule has 2 saturated heterocycles. The second-order valence-electron chi connectivity index (χ2n) is 9.90. The van der Waals surface area contributed by atoms with Gasteiger partial charge in [-0.15, -0.1) is 20.4 Å². The number of piperidine rings is 1. The number of nitrogens with one attached hydrogen (secondary N) is 1. The Labute approximate surface area is 206 Å². The standard InChI is InChI=1S/C25H26FN7O3/c26-23-17-6-2-14(28-17)10-19(23)33(15-3-4-15)22-12-27-24(31-30-22)16-5-1-13(9-20(16)34)18-11-21-25(32-29-18)36-8-7-35-21/h1,5,9,11-12,14-15,17,19,23,28,34H,2-4,6-8,10H2/t14-,17+,19-,23+/m0/s1. The number of anilines is 1. The van der Waals surface area contributed by atoms with E-state index in [1.165, 1.54) is 0 Å². The molecule has 0 amide bonds. The van der Waals surface area contributed by atoms with Crippen LogP contribution in [0.3, 0.4) is 0 Å². The highest BCUT2D eigenvalue weighted by molar-refractivity contribution is 5.72. The van der Waals surface area contributed by atoms with Crippen molar-refractivity contribution in [1.29, 1.82) is 0 Å². The Balaban J connectivity index is 1.14. The van der Waals surface area contributed by atoms with Crippen molar-refractivity contribution in [3.63, 3.8) is 0 Å². The Bertz CT molecular complexity index is 1290. The van der Waals surface area contributed by atoms with Gasteiger partial charge >= 0.3 is 0 Å². The number of benzene rings is 1. The van der Waals surface area contributed by atoms with Crippen LogP contribution in [-0.4, -0.2) is 74.0 Å². The van der Waals surface area contributed by atoms with Crippen LogP contribution in [0, 0.1) is 0 Å². The van der Waals surface area contributed by atoms with Gasteiger partial charge in [0, 0.05) is 29.8 Å². The number of hydrogen-bond acceptors (Lipinski definition) is 10. The fourth-order valence-corrected chi connectivity index (χ4v) is 5.61. The number of halogens is 1. The lowest BCUT2D eigenvalue weighted by Gasteiger charge is -2.40. The Morgan fingerprint density at radius 2 is 1.89 bits per heavy atom. The third-order valence-electron chi connectivity index (χ3n) is 7.51. The van der Waals surface area contributed by atoms with Crippen LogP contribution in [0.5, 0.6) is 17.4 Å². The topological polar surface area (TPSA) is 118 Å². The number of rotatable bonds is 5. The van der Waals surface area contributed by atoms with Crippen LogP contribution >= 0.6 is 0 Å². The molecule has 36 heavy (non-hydrogen) atoms. The van der Waals surface area contributed by atoms with Crippen LogP contribution in [0.25, 0.3) is 22.6 Å². The number of ether oxygens (including phenoxy) is 2. The van der Waals surface area contributed by atoms with Crippen LogP contribution in [0.15, 0.2) is 30.5 Å². The molecule has 2 aromatic heterocycles. The summed E-state index contributed by atoms with van der Waals surface area (Å²) in [6.45, 7) is 0.890. The molecule has 0 unspecified atom stereocenters. The molecule has 0 radical (unpaired) electrons. The molecule has 10 nitrogen and oxygen atoms in total. The summed E-state index contributed by atoms with van der Waals surface area (Å²) in [4.78, 5) is 6.60. The van der Waals surface area contributed by atoms with E-state index < -0.39 is 6.17 Å². The summed E-state index contributed by atoms with van der Waals surface area (Å²) in [5.74, 6) is 1.78. The summed E-state index contributed by atoms with van der Waals surface area (Å²) >= 11 is 0. The lowest BCUT2D eigenvalue weighted by atomic mass is 9.96. The first-order chi connectivity index (χ1) is 17.6. The summed E-state index contributed by atoms with van der Waals surface area (Å²) in [6.07, 6.45) is 5.44. The van der Waals surface area contributed by atoms with Gasteiger partial charge in [0.1, 0.15) is 25.1 Å². The minimum absolute atomic E-state index is 0.00320. The number of fused-ring (bicyclic) bond motifs is 3. The van der Waals surface area contributed by atoms with E-state index in [4.69, 9.17) is 9.47 Å². The normalized spacial score (nSPS) is 26.6. The number of aromatic hydroxyl groups is 1. The average Bonchev–Trinajstić information content (AvgIpc) is 3.66. The molecular formula is C25H26FN7O3. The molecule has 3 fully saturated rings. The summed E-state index contributed by atoms with van der Waals surface area (Å²) in [5.41, 5.74) is 1.66. The van der Waals surface area contributed by atoms with Crippen molar-refractivity contribution in [2.24, 2.45) is 0 Å². The lowest BCUT2D eigenvalue weighted by Crippen LogP contribution is -2.57. The Morgan fingerprint density at radius 1 is 1.00 bits per heavy atom. The van der Waals surface area contributed by atoms with Gasteiger partial charge in [0.2, 0.25) is 0 Å². The molecule has 7 rings (SSSR count). The summed E-state index contributed by atoms with van der Waals surface area (Å²) in [5, 5.41) is 31.1. The van der Waals surface area contributed by atoms with E-state index in [9.17, 15) is 5.11 Å². The number of nitrogens with zero attached hydrogens (tertiary/aromatic N) is 6. The first-order valence-corrected chi connectivity index (χ1v) is 12.5. The predicted molar refractivity (Wildman–Crippen MR) is 128 cm³/mol. The number of hydrogen-bond donors (Lipinski definition) is 2. The van der Waals surface area contributed by atoms with Crippen molar-refractivity contribution in [2.75, 3.05) is 18.1 Å². The van der Waals surface area contributed by atoms with Gasteiger partial charge < -0.3 is 24.8 Å². The first-order valence-electron chi connectivity index (χ1n) is 12.5. The minimum Gasteiger partial charge on any atom is -0.507 e. The van der Waals surface area contributed by atoms with Crippen LogP contribution < -0.4 is 19.7 Å². The molecule has 1 aliphatic carbocycles. The second-order valence-corrected chi connectivity index (χ2v) is 9.90. The van der Waals surface area contributed by atoms with Gasteiger partial charge in [0.15, 0.2) is 17.4 Å². The fourth-order valence-electron chi connectivity index (χ4n) is 5.61. The highest BCUT2D eigenvalue weighted by atomic mass is 19.1. The predicted octanol–water partition coefficient (Wildman–Crippen LogP) is 2.67. The summed E-state index contributed by atoms with van der Waals surface area (Å²) in [7, 11) is 0. The number of phenolic OH excluding ortho intramolecular Hbond substituents is 1. The van der Waals surface area contributed by atoms with Crippen molar-refractivity contribution in [3.05, 3.63) is 30.5 Å². The monoisotopic (exact) mass is 491 g/mol. The molecule has 1 saturated carbocycles. The van der Waals surface area contributed by atoms with Crippen LogP contribution in [0.4, 0.5) is 10.2 Å². The quantitative estimate of drug-likeness (QED) is 0.551. The largest absolute Gasteiger partial charge is 0.507 e. The van der Waals surface area contributed by atoms with Gasteiger partial charge in [-0.2, -0.15) is 0 Å². The highest BCUT2D eigenvalue weighted by Gasteiger charge is 2.48. The zero-order valence-electron chi connectivity index (χ0n) is 19.5. The van der Waals surface area contributed by atoms with Crippen LogP contribution in [0.1, 0.15) is 32.1 Å². The highest BCUT2D eigenvalue weighted by Crippen LogP contribution is 2.40. The maximum atomic E-state index is 15.3. The zero-order valence-corrected chi connectivity index (χ0v) is 19.5. The van der Waals surface area contributed by atoms with Gasteiger partial charge in [-0.05, 0) is 44.2 Å². The molecule has 4 atom stereocenters. The SMILES string of the molecule is Oc1cc(-c2cc3c(nn2)OCCO3)ccc1-c1ncc(N(C2CC2)[C@H]2C[C@@H]3CC[C@@H](N3)[C@H]2F)nn1. The number of aromatic nitrogens is 5. The molecule has 2 bridgehead atoms. The smallest absolute Gasteiger partial charge is 0.276 e. The molecule has 3 aliphatic heterocycles.